The van der Waals surface area contributed by atoms with Gasteiger partial charge in [-0.1, -0.05) is 47.7 Å². The number of aromatic nitrogens is 3. The highest BCUT2D eigenvalue weighted by Gasteiger charge is 2.27. The van der Waals surface area contributed by atoms with Crippen LogP contribution in [0.5, 0.6) is 0 Å². The van der Waals surface area contributed by atoms with Gasteiger partial charge in [0.1, 0.15) is 18.2 Å². The highest BCUT2D eigenvalue weighted by Crippen LogP contribution is 2.11. The Balaban J connectivity index is 1.72. The molecule has 0 radical (unpaired) electrons. The number of hydrogen-bond donors (Lipinski definition) is 2. The van der Waals surface area contributed by atoms with Crippen LogP contribution in [0.4, 0.5) is 4.79 Å². The Labute approximate surface area is 154 Å². The van der Waals surface area contributed by atoms with E-state index in [1.807, 2.05) is 18.2 Å². The van der Waals surface area contributed by atoms with E-state index in [4.69, 9.17) is 10.5 Å². The standard InChI is InChI=1S/C18H17N5O4/c19-16(24)10-14(20-18(26)27-11-12-6-2-1-3-7-12)17(25)23-15-9-5-4-8-13(15)21-22-23/h1-9,14H,10-11H2,(H2,19,24)(H,20,26)/t14-/m0/s1. The fourth-order valence-electron chi connectivity index (χ4n) is 2.49. The van der Waals surface area contributed by atoms with Crippen molar-refractivity contribution in [2.24, 2.45) is 5.73 Å². The maximum absolute atomic E-state index is 12.7. The van der Waals surface area contributed by atoms with Gasteiger partial charge in [0.2, 0.25) is 5.91 Å². The summed E-state index contributed by atoms with van der Waals surface area (Å²) in [6.45, 7) is 0.0242. The van der Waals surface area contributed by atoms with Gasteiger partial charge in [-0.05, 0) is 17.7 Å². The van der Waals surface area contributed by atoms with Gasteiger partial charge in [-0.25, -0.2) is 4.79 Å². The van der Waals surface area contributed by atoms with E-state index in [2.05, 4.69) is 15.6 Å². The highest BCUT2D eigenvalue weighted by atomic mass is 16.5. The number of carbonyl (C=O) groups is 3. The van der Waals surface area contributed by atoms with Gasteiger partial charge in [0.15, 0.2) is 0 Å². The summed E-state index contributed by atoms with van der Waals surface area (Å²) in [6, 6.07) is 14.6. The van der Waals surface area contributed by atoms with Crippen molar-refractivity contribution in [3.05, 3.63) is 60.2 Å². The molecule has 3 rings (SSSR count). The van der Waals surface area contributed by atoms with Gasteiger partial charge in [0, 0.05) is 0 Å². The minimum absolute atomic E-state index is 0.0242. The lowest BCUT2D eigenvalue weighted by atomic mass is 10.2. The molecule has 0 aliphatic rings. The minimum Gasteiger partial charge on any atom is -0.445 e. The number of para-hydroxylation sites is 1. The van der Waals surface area contributed by atoms with Gasteiger partial charge < -0.3 is 15.8 Å². The molecule has 2 amide bonds. The molecule has 138 valence electrons. The number of nitrogens with zero attached hydrogens (tertiary/aromatic N) is 3. The van der Waals surface area contributed by atoms with Gasteiger partial charge in [-0.2, -0.15) is 4.68 Å². The molecule has 3 aromatic rings. The van der Waals surface area contributed by atoms with Crippen LogP contribution in [0.25, 0.3) is 11.0 Å². The molecule has 1 heterocycles. The number of nitrogens with two attached hydrogens (primary N) is 1. The lowest BCUT2D eigenvalue weighted by Crippen LogP contribution is -2.46. The number of amides is 2. The summed E-state index contributed by atoms with van der Waals surface area (Å²) in [5.74, 6) is -1.39. The summed E-state index contributed by atoms with van der Waals surface area (Å²) in [5, 5.41) is 10.1. The Hall–Kier alpha value is -3.75. The molecule has 0 saturated heterocycles. The summed E-state index contributed by atoms with van der Waals surface area (Å²) in [5.41, 5.74) is 6.96. The Morgan fingerprint density at radius 3 is 2.52 bits per heavy atom. The SMILES string of the molecule is NC(=O)C[C@H](NC(=O)OCc1ccccc1)C(=O)n1nnc2ccccc21. The molecule has 27 heavy (non-hydrogen) atoms. The molecular weight excluding hydrogens is 350 g/mol. The monoisotopic (exact) mass is 367 g/mol. The molecule has 2 aromatic carbocycles. The average Bonchev–Trinajstić information content (AvgIpc) is 3.10. The van der Waals surface area contributed by atoms with Crippen LogP contribution < -0.4 is 11.1 Å². The normalized spacial score (nSPS) is 11.7. The summed E-state index contributed by atoms with van der Waals surface area (Å²) >= 11 is 0. The molecule has 0 aliphatic carbocycles. The summed E-state index contributed by atoms with van der Waals surface area (Å²) in [4.78, 5) is 36.2. The largest absolute Gasteiger partial charge is 0.445 e. The van der Waals surface area contributed by atoms with Gasteiger partial charge >= 0.3 is 6.09 Å². The third kappa shape index (κ3) is 4.46. The quantitative estimate of drug-likeness (QED) is 0.674. The van der Waals surface area contributed by atoms with Gasteiger partial charge in [-0.15, -0.1) is 5.10 Å². The van der Waals surface area contributed by atoms with Crippen molar-refractivity contribution in [2.75, 3.05) is 0 Å². The van der Waals surface area contributed by atoms with Crippen LogP contribution in [0.1, 0.15) is 16.8 Å². The van der Waals surface area contributed by atoms with Crippen molar-refractivity contribution >= 4 is 28.9 Å². The molecule has 0 unspecified atom stereocenters. The van der Waals surface area contributed by atoms with Crippen molar-refractivity contribution in [1.82, 2.24) is 20.3 Å². The van der Waals surface area contributed by atoms with E-state index in [1.54, 1.807) is 36.4 Å². The summed E-state index contributed by atoms with van der Waals surface area (Å²) in [7, 11) is 0. The van der Waals surface area contributed by atoms with E-state index in [0.29, 0.717) is 11.0 Å². The van der Waals surface area contributed by atoms with Crippen LogP contribution in [0.3, 0.4) is 0 Å². The molecule has 9 nitrogen and oxygen atoms in total. The van der Waals surface area contributed by atoms with Crippen molar-refractivity contribution < 1.29 is 19.1 Å². The fraction of sp³-hybridized carbons (Fsp3) is 0.167. The number of carbonyl (C=O) groups excluding carboxylic acids is 3. The Morgan fingerprint density at radius 2 is 1.78 bits per heavy atom. The van der Waals surface area contributed by atoms with Crippen molar-refractivity contribution in [3.63, 3.8) is 0 Å². The van der Waals surface area contributed by atoms with E-state index in [-0.39, 0.29) is 6.61 Å². The van der Waals surface area contributed by atoms with E-state index in [9.17, 15) is 14.4 Å². The van der Waals surface area contributed by atoms with E-state index in [1.165, 1.54) is 0 Å². The maximum Gasteiger partial charge on any atom is 0.408 e. The molecule has 0 saturated carbocycles. The second-order valence-electron chi connectivity index (χ2n) is 5.76. The van der Waals surface area contributed by atoms with Crippen LogP contribution in [0.15, 0.2) is 54.6 Å². The third-order valence-electron chi connectivity index (χ3n) is 3.77. The van der Waals surface area contributed by atoms with E-state index in [0.717, 1.165) is 10.2 Å². The Bertz CT molecular complexity index is 970. The number of primary amides is 1. The first kappa shape index (κ1) is 18.1. The first-order chi connectivity index (χ1) is 13.0. The zero-order valence-electron chi connectivity index (χ0n) is 14.2. The number of benzene rings is 2. The van der Waals surface area contributed by atoms with Crippen molar-refractivity contribution in [2.45, 2.75) is 19.1 Å². The van der Waals surface area contributed by atoms with E-state index < -0.39 is 30.4 Å². The van der Waals surface area contributed by atoms with Gasteiger partial charge in [0.05, 0.1) is 11.9 Å². The van der Waals surface area contributed by atoms with Gasteiger partial charge in [-0.3, -0.25) is 9.59 Å². The van der Waals surface area contributed by atoms with Crippen LogP contribution >= 0.6 is 0 Å². The zero-order chi connectivity index (χ0) is 19.2. The second-order valence-corrected chi connectivity index (χ2v) is 5.76. The fourth-order valence-corrected chi connectivity index (χ4v) is 2.49. The first-order valence-corrected chi connectivity index (χ1v) is 8.15. The average molecular weight is 367 g/mol. The van der Waals surface area contributed by atoms with Gasteiger partial charge in [0.25, 0.3) is 5.91 Å². The number of nitrogens with one attached hydrogen (secondary N) is 1. The van der Waals surface area contributed by atoms with Crippen molar-refractivity contribution in [1.29, 1.82) is 0 Å². The van der Waals surface area contributed by atoms with Crippen molar-refractivity contribution in [3.8, 4) is 0 Å². The number of fused-ring (bicyclic) bond motifs is 1. The smallest absolute Gasteiger partial charge is 0.408 e. The second kappa shape index (κ2) is 8.09. The summed E-state index contributed by atoms with van der Waals surface area (Å²) < 4.78 is 6.12. The van der Waals surface area contributed by atoms with Crippen LogP contribution in [-0.2, 0) is 16.1 Å². The number of hydrogen-bond acceptors (Lipinski definition) is 6. The number of ether oxygens (including phenoxy) is 1. The molecule has 0 fully saturated rings. The molecule has 0 spiro atoms. The number of rotatable bonds is 6. The maximum atomic E-state index is 12.7. The van der Waals surface area contributed by atoms with Crippen LogP contribution in [0.2, 0.25) is 0 Å². The van der Waals surface area contributed by atoms with E-state index >= 15 is 0 Å². The van der Waals surface area contributed by atoms with Crippen LogP contribution in [0, 0.1) is 0 Å². The minimum atomic E-state index is -1.23. The molecule has 9 heteroatoms. The first-order valence-electron chi connectivity index (χ1n) is 8.15. The predicted octanol–water partition coefficient (Wildman–Crippen LogP) is 1.24. The highest BCUT2D eigenvalue weighted by molar-refractivity contribution is 5.96. The van der Waals surface area contributed by atoms with Crippen LogP contribution in [-0.4, -0.2) is 38.9 Å². The predicted molar refractivity (Wildman–Crippen MR) is 95.5 cm³/mol. The molecular formula is C18H17N5O4. The lowest BCUT2D eigenvalue weighted by molar-refractivity contribution is -0.118. The molecule has 0 bridgehead atoms. The Morgan fingerprint density at radius 1 is 1.07 bits per heavy atom. The number of alkyl carbamates (subject to hydrolysis) is 1. The molecule has 0 aliphatic heterocycles. The Kier molecular flexibility index (Phi) is 5.41. The molecule has 1 atom stereocenters. The zero-order valence-corrected chi connectivity index (χ0v) is 14.2. The summed E-state index contributed by atoms with van der Waals surface area (Å²) in [6.07, 6.45) is -1.24. The lowest BCUT2D eigenvalue weighted by Gasteiger charge is -2.16. The molecule has 1 aromatic heterocycles. The molecule has 3 N–H and O–H groups in total. The topological polar surface area (TPSA) is 129 Å². The third-order valence-corrected chi connectivity index (χ3v) is 3.77.